The molecule has 8 heteroatoms. The van der Waals surface area contributed by atoms with Crippen molar-refractivity contribution < 1.29 is 30.3 Å². The van der Waals surface area contributed by atoms with Crippen molar-refractivity contribution in [2.24, 2.45) is 0 Å². The minimum absolute atomic E-state index is 0.135. The molecule has 1 heterocycles. The highest BCUT2D eigenvalue weighted by Gasteiger charge is 2.36. The molecule has 0 aliphatic carbocycles. The van der Waals surface area contributed by atoms with E-state index in [1.54, 1.807) is 24.3 Å². The predicted molar refractivity (Wildman–Crippen MR) is 70.2 cm³/mol. The highest BCUT2D eigenvalue weighted by Crippen LogP contribution is 2.29. The summed E-state index contributed by atoms with van der Waals surface area (Å²) in [5, 5.41) is 47.0. The number of hydrogen-bond donors (Lipinski definition) is 5. The van der Waals surface area contributed by atoms with Gasteiger partial charge in [0.05, 0.1) is 10.2 Å². The first-order valence-electron chi connectivity index (χ1n) is 5.72. The Bertz CT molecular complexity index is 582. The van der Waals surface area contributed by atoms with Gasteiger partial charge in [0, 0.05) is 0 Å². The number of para-hydroxylation sites is 1. The molecule has 108 valence electrons. The Labute approximate surface area is 117 Å². The first kappa shape index (κ1) is 14.8. The third kappa shape index (κ3) is 2.79. The Morgan fingerprint density at radius 3 is 2.35 bits per heavy atom. The van der Waals surface area contributed by atoms with Crippen LogP contribution in [0, 0.1) is 0 Å². The largest absolute Gasteiger partial charge is 0.479 e. The van der Waals surface area contributed by atoms with Crippen LogP contribution >= 0.6 is 11.3 Å². The summed E-state index contributed by atoms with van der Waals surface area (Å²) in [5.41, 5.74) is 0.618. The molecule has 0 radical (unpaired) electrons. The lowest BCUT2D eigenvalue weighted by atomic mass is 10.0. The molecule has 2 aromatic rings. The molecule has 0 amide bonds. The predicted octanol–water partition coefficient (Wildman–Crippen LogP) is -0.503. The van der Waals surface area contributed by atoms with Gasteiger partial charge in [0.1, 0.15) is 23.3 Å². The topological polar surface area (TPSA) is 131 Å². The Hall–Kier alpha value is -1.58. The third-order valence-corrected chi connectivity index (χ3v) is 3.92. The summed E-state index contributed by atoms with van der Waals surface area (Å²) in [4.78, 5) is 14.6. The molecule has 0 fully saturated rings. The number of carbonyl (C=O) groups is 1. The van der Waals surface area contributed by atoms with E-state index in [9.17, 15) is 20.1 Å². The van der Waals surface area contributed by atoms with Gasteiger partial charge in [-0.15, -0.1) is 11.3 Å². The summed E-state index contributed by atoms with van der Waals surface area (Å²) >= 11 is 1.11. The van der Waals surface area contributed by atoms with Crippen LogP contribution in [0.25, 0.3) is 10.2 Å². The standard InChI is InChI=1S/C12H13NO6S/c14-7(8(15)10(17)12(18)19)9(16)11-13-5-3-1-2-4-6(5)20-11/h1-4,7-10,14-17H,(H,18,19)/t7-,8-,9+,10-/m0/s1. The van der Waals surface area contributed by atoms with Gasteiger partial charge in [-0.2, -0.15) is 0 Å². The van der Waals surface area contributed by atoms with E-state index in [0.29, 0.717) is 5.52 Å². The Morgan fingerprint density at radius 1 is 1.10 bits per heavy atom. The normalized spacial score (nSPS) is 17.6. The van der Waals surface area contributed by atoms with Crippen molar-refractivity contribution in [3.8, 4) is 0 Å². The van der Waals surface area contributed by atoms with Gasteiger partial charge in [-0.1, -0.05) is 12.1 Å². The molecule has 5 N–H and O–H groups in total. The van der Waals surface area contributed by atoms with E-state index in [1.807, 2.05) is 0 Å². The third-order valence-electron chi connectivity index (χ3n) is 2.81. The maximum absolute atomic E-state index is 10.5. The molecule has 20 heavy (non-hydrogen) atoms. The number of nitrogens with zero attached hydrogens (tertiary/aromatic N) is 1. The van der Waals surface area contributed by atoms with Crippen LogP contribution in [0.15, 0.2) is 24.3 Å². The summed E-state index contributed by atoms with van der Waals surface area (Å²) in [7, 11) is 0. The number of thiazole rings is 1. The summed E-state index contributed by atoms with van der Waals surface area (Å²) in [6.45, 7) is 0. The van der Waals surface area contributed by atoms with Crippen molar-refractivity contribution >= 4 is 27.5 Å². The van der Waals surface area contributed by atoms with E-state index >= 15 is 0 Å². The number of rotatable bonds is 5. The molecular weight excluding hydrogens is 286 g/mol. The summed E-state index contributed by atoms with van der Waals surface area (Å²) < 4.78 is 0.780. The fourth-order valence-corrected chi connectivity index (χ4v) is 2.68. The van der Waals surface area contributed by atoms with Crippen molar-refractivity contribution in [2.45, 2.75) is 24.4 Å². The Kier molecular flexibility index (Phi) is 4.31. The van der Waals surface area contributed by atoms with Crippen LogP contribution in [0.3, 0.4) is 0 Å². The van der Waals surface area contributed by atoms with Crippen LogP contribution in [0.1, 0.15) is 11.1 Å². The number of aliphatic hydroxyl groups excluding tert-OH is 4. The number of aliphatic hydroxyl groups is 4. The zero-order valence-electron chi connectivity index (χ0n) is 10.1. The first-order valence-corrected chi connectivity index (χ1v) is 6.54. The van der Waals surface area contributed by atoms with Gasteiger partial charge < -0.3 is 25.5 Å². The molecule has 2 rings (SSSR count). The molecule has 0 unspecified atom stereocenters. The van der Waals surface area contributed by atoms with Gasteiger partial charge in [-0.3, -0.25) is 0 Å². The van der Waals surface area contributed by atoms with Gasteiger partial charge in [-0.05, 0) is 12.1 Å². The zero-order chi connectivity index (χ0) is 14.9. The Morgan fingerprint density at radius 2 is 1.75 bits per heavy atom. The molecule has 0 aliphatic heterocycles. The van der Waals surface area contributed by atoms with Gasteiger partial charge >= 0.3 is 5.97 Å². The van der Waals surface area contributed by atoms with Crippen LogP contribution < -0.4 is 0 Å². The van der Waals surface area contributed by atoms with Crippen LogP contribution in [0.4, 0.5) is 0 Å². The number of hydrogen-bond acceptors (Lipinski definition) is 7. The number of benzene rings is 1. The highest BCUT2D eigenvalue weighted by molar-refractivity contribution is 7.18. The van der Waals surface area contributed by atoms with Crippen molar-refractivity contribution in [3.63, 3.8) is 0 Å². The lowest BCUT2D eigenvalue weighted by Gasteiger charge is -2.23. The number of aliphatic carboxylic acids is 1. The van der Waals surface area contributed by atoms with Crippen molar-refractivity contribution in [3.05, 3.63) is 29.3 Å². The second kappa shape index (κ2) is 5.81. The van der Waals surface area contributed by atoms with Crippen molar-refractivity contribution in [2.75, 3.05) is 0 Å². The minimum atomic E-state index is -2.19. The van der Waals surface area contributed by atoms with Gasteiger partial charge in [0.2, 0.25) is 0 Å². The van der Waals surface area contributed by atoms with E-state index in [2.05, 4.69) is 4.98 Å². The number of carboxylic acids is 1. The summed E-state index contributed by atoms with van der Waals surface area (Å²) in [6.07, 6.45) is -7.65. The van der Waals surface area contributed by atoms with Crippen LogP contribution in [0.5, 0.6) is 0 Å². The van der Waals surface area contributed by atoms with Gasteiger partial charge in [0.25, 0.3) is 0 Å². The van der Waals surface area contributed by atoms with E-state index < -0.39 is 30.4 Å². The molecular formula is C12H13NO6S. The average molecular weight is 299 g/mol. The average Bonchev–Trinajstić information content (AvgIpc) is 2.87. The quantitative estimate of drug-likeness (QED) is 0.503. The number of aromatic nitrogens is 1. The van der Waals surface area contributed by atoms with Crippen molar-refractivity contribution in [1.29, 1.82) is 0 Å². The second-order valence-corrected chi connectivity index (χ2v) is 5.29. The zero-order valence-corrected chi connectivity index (χ0v) is 10.9. The maximum atomic E-state index is 10.5. The van der Waals surface area contributed by atoms with E-state index in [1.165, 1.54) is 0 Å². The summed E-state index contributed by atoms with van der Waals surface area (Å²) in [6, 6.07) is 7.04. The van der Waals surface area contributed by atoms with Gasteiger partial charge in [0.15, 0.2) is 6.10 Å². The monoisotopic (exact) mass is 299 g/mol. The van der Waals surface area contributed by atoms with Crippen LogP contribution in [-0.2, 0) is 4.79 Å². The molecule has 0 aliphatic rings. The number of fused-ring (bicyclic) bond motifs is 1. The minimum Gasteiger partial charge on any atom is -0.479 e. The Balaban J connectivity index is 2.21. The molecule has 4 atom stereocenters. The molecule has 0 spiro atoms. The van der Waals surface area contributed by atoms with E-state index in [4.69, 9.17) is 10.2 Å². The molecule has 0 bridgehead atoms. The maximum Gasteiger partial charge on any atom is 0.335 e. The fraction of sp³-hybridized carbons (Fsp3) is 0.333. The van der Waals surface area contributed by atoms with E-state index in [-0.39, 0.29) is 5.01 Å². The fourth-order valence-electron chi connectivity index (χ4n) is 1.68. The first-order chi connectivity index (χ1) is 9.41. The number of carboxylic acid groups (broad SMARTS) is 1. The molecule has 1 aromatic heterocycles. The lowest BCUT2D eigenvalue weighted by molar-refractivity contribution is -0.163. The molecule has 1 aromatic carbocycles. The van der Waals surface area contributed by atoms with Crippen molar-refractivity contribution in [1.82, 2.24) is 4.98 Å². The van der Waals surface area contributed by atoms with Crippen LogP contribution in [0.2, 0.25) is 0 Å². The SMILES string of the molecule is O=C(O)[C@@H](O)[C@@H](O)[C@H](O)[C@@H](O)c1nc2ccccc2s1. The van der Waals surface area contributed by atoms with Gasteiger partial charge in [-0.25, -0.2) is 9.78 Å². The lowest BCUT2D eigenvalue weighted by Crippen LogP contribution is -2.44. The second-order valence-electron chi connectivity index (χ2n) is 4.23. The highest BCUT2D eigenvalue weighted by atomic mass is 32.1. The van der Waals surface area contributed by atoms with E-state index in [0.717, 1.165) is 16.0 Å². The molecule has 0 saturated heterocycles. The van der Waals surface area contributed by atoms with Crippen LogP contribution in [-0.4, -0.2) is 54.8 Å². The molecule has 0 saturated carbocycles. The smallest absolute Gasteiger partial charge is 0.335 e. The summed E-state index contributed by atoms with van der Waals surface area (Å²) in [5.74, 6) is -1.69. The molecule has 7 nitrogen and oxygen atoms in total.